The fraction of sp³-hybridized carbons (Fsp3) is 0.500. The van der Waals surface area contributed by atoms with Gasteiger partial charge in [0, 0.05) is 32.0 Å². The number of nitrogens with one attached hydrogen (secondary N) is 1. The van der Waals surface area contributed by atoms with Crippen LogP contribution in [0.3, 0.4) is 0 Å². The predicted octanol–water partition coefficient (Wildman–Crippen LogP) is 2.26. The first-order chi connectivity index (χ1) is 11.5. The molecule has 0 saturated heterocycles. The minimum absolute atomic E-state index is 0.0315. The number of ether oxygens (including phenoxy) is 2. The molecule has 0 atom stereocenters. The lowest BCUT2D eigenvalue weighted by Crippen LogP contribution is -2.19. The summed E-state index contributed by atoms with van der Waals surface area (Å²) in [6.45, 7) is 4.97. The molecule has 0 radical (unpaired) electrons. The first-order valence-electron chi connectivity index (χ1n) is 8.14. The van der Waals surface area contributed by atoms with E-state index in [0.29, 0.717) is 44.5 Å². The normalized spacial score (nSPS) is 10.2. The van der Waals surface area contributed by atoms with Crippen LogP contribution in [0.1, 0.15) is 49.0 Å². The fourth-order valence-electron chi connectivity index (χ4n) is 2.06. The minimum atomic E-state index is -0.331. The number of benzene rings is 1. The first-order valence-corrected chi connectivity index (χ1v) is 8.14. The van der Waals surface area contributed by atoms with Crippen LogP contribution in [-0.2, 0) is 25.6 Å². The van der Waals surface area contributed by atoms with E-state index in [9.17, 15) is 14.4 Å². The van der Waals surface area contributed by atoms with Gasteiger partial charge >= 0.3 is 11.9 Å². The zero-order valence-corrected chi connectivity index (χ0v) is 14.3. The van der Waals surface area contributed by atoms with Gasteiger partial charge in [0.2, 0.25) is 0 Å². The lowest BCUT2D eigenvalue weighted by molar-refractivity contribution is -0.143. The van der Waals surface area contributed by atoms with Gasteiger partial charge in [-0.25, -0.2) is 0 Å². The summed E-state index contributed by atoms with van der Waals surface area (Å²) in [6.07, 6.45) is 1.22. The second-order valence-electron chi connectivity index (χ2n) is 5.30. The number of rotatable bonds is 11. The maximum absolute atomic E-state index is 12.0. The Morgan fingerprint density at radius 1 is 1.04 bits per heavy atom. The maximum atomic E-state index is 12.0. The van der Waals surface area contributed by atoms with Gasteiger partial charge in [-0.15, -0.1) is 0 Å². The third kappa shape index (κ3) is 8.43. The van der Waals surface area contributed by atoms with Crippen molar-refractivity contribution in [1.29, 1.82) is 0 Å². The first kappa shape index (κ1) is 19.8. The molecular weight excluding hydrogens is 310 g/mol. The predicted molar refractivity (Wildman–Crippen MR) is 89.6 cm³/mol. The van der Waals surface area contributed by atoms with Crippen molar-refractivity contribution < 1.29 is 23.9 Å². The van der Waals surface area contributed by atoms with Gasteiger partial charge in [-0.2, -0.15) is 0 Å². The molecule has 1 aromatic carbocycles. The van der Waals surface area contributed by atoms with E-state index in [0.717, 1.165) is 5.56 Å². The topological polar surface area (TPSA) is 81.7 Å². The summed E-state index contributed by atoms with van der Waals surface area (Å²) >= 11 is 0. The van der Waals surface area contributed by atoms with E-state index in [1.165, 1.54) is 6.92 Å². The molecule has 1 rings (SSSR count). The van der Waals surface area contributed by atoms with Crippen molar-refractivity contribution in [2.24, 2.45) is 0 Å². The van der Waals surface area contributed by atoms with E-state index in [4.69, 9.17) is 9.47 Å². The van der Waals surface area contributed by atoms with Crippen molar-refractivity contribution in [2.45, 2.75) is 39.7 Å². The molecular formula is C18H25NO5. The number of hydrogen-bond acceptors (Lipinski definition) is 6. The molecule has 0 heterocycles. The van der Waals surface area contributed by atoms with Gasteiger partial charge in [0.25, 0.3) is 0 Å². The Morgan fingerprint density at radius 2 is 1.75 bits per heavy atom. The zero-order chi connectivity index (χ0) is 17.8. The molecule has 6 nitrogen and oxygen atoms in total. The van der Waals surface area contributed by atoms with Crippen LogP contribution in [0.15, 0.2) is 24.3 Å². The molecule has 0 aliphatic heterocycles. The van der Waals surface area contributed by atoms with E-state index < -0.39 is 0 Å². The fourth-order valence-corrected chi connectivity index (χ4v) is 2.06. The van der Waals surface area contributed by atoms with Crippen LogP contribution in [0.2, 0.25) is 0 Å². The Bertz CT molecular complexity index is 539. The van der Waals surface area contributed by atoms with Gasteiger partial charge in [0.15, 0.2) is 5.78 Å². The lowest BCUT2D eigenvalue weighted by atomic mass is 10.0. The highest BCUT2D eigenvalue weighted by molar-refractivity contribution is 5.96. The van der Waals surface area contributed by atoms with Gasteiger partial charge in [0.05, 0.1) is 19.6 Å². The van der Waals surface area contributed by atoms with E-state index >= 15 is 0 Å². The zero-order valence-electron chi connectivity index (χ0n) is 14.3. The highest BCUT2D eigenvalue weighted by Crippen LogP contribution is 2.08. The molecule has 0 aliphatic rings. The summed E-state index contributed by atoms with van der Waals surface area (Å²) in [6, 6.07) is 7.35. The van der Waals surface area contributed by atoms with Crippen LogP contribution < -0.4 is 5.32 Å². The molecule has 1 N–H and O–H groups in total. The molecule has 24 heavy (non-hydrogen) atoms. The summed E-state index contributed by atoms with van der Waals surface area (Å²) in [5.41, 5.74) is 1.68. The average Bonchev–Trinajstić information content (AvgIpc) is 2.56. The molecule has 0 fully saturated rings. The summed E-state index contributed by atoms with van der Waals surface area (Å²) < 4.78 is 9.65. The smallest absolute Gasteiger partial charge is 0.307 e. The van der Waals surface area contributed by atoms with Crippen molar-refractivity contribution in [3.05, 3.63) is 35.4 Å². The Hall–Kier alpha value is -2.21. The van der Waals surface area contributed by atoms with Crippen molar-refractivity contribution in [1.82, 2.24) is 5.32 Å². The van der Waals surface area contributed by atoms with Crippen LogP contribution in [-0.4, -0.2) is 37.5 Å². The molecule has 0 bridgehead atoms. The van der Waals surface area contributed by atoms with Gasteiger partial charge in [-0.05, 0) is 18.9 Å². The Labute approximate surface area is 142 Å². The van der Waals surface area contributed by atoms with Gasteiger partial charge in [-0.3, -0.25) is 14.4 Å². The van der Waals surface area contributed by atoms with Crippen molar-refractivity contribution >= 4 is 17.7 Å². The Balaban J connectivity index is 2.28. The number of carbonyl (C=O) groups excluding carboxylic acids is 3. The number of hydrogen-bond donors (Lipinski definition) is 1. The molecule has 1 aromatic rings. The van der Waals surface area contributed by atoms with Crippen LogP contribution in [0.4, 0.5) is 0 Å². The van der Waals surface area contributed by atoms with E-state index in [1.807, 2.05) is 12.1 Å². The highest BCUT2D eigenvalue weighted by Gasteiger charge is 2.06. The summed E-state index contributed by atoms with van der Waals surface area (Å²) in [5, 5.41) is 3.16. The van der Waals surface area contributed by atoms with Crippen molar-refractivity contribution in [2.75, 3.05) is 19.8 Å². The third-order valence-electron chi connectivity index (χ3n) is 3.27. The second kappa shape index (κ2) is 11.3. The molecule has 0 unspecified atom stereocenters. The Kier molecular flexibility index (Phi) is 9.38. The third-order valence-corrected chi connectivity index (χ3v) is 3.27. The van der Waals surface area contributed by atoms with E-state index in [2.05, 4.69) is 5.32 Å². The number of Topliss-reactive ketones (excluding diaryl/α,β-unsaturated/α-hetero) is 1. The van der Waals surface area contributed by atoms with Crippen LogP contribution in [0, 0.1) is 0 Å². The standard InChI is InChI=1S/C18H25NO5/c1-3-23-18(22)10-11-19-13-15-6-8-16(9-7-15)17(21)5-4-12-24-14(2)20/h6-9,19H,3-5,10-13H2,1-2H3. The summed E-state index contributed by atoms with van der Waals surface area (Å²) in [4.78, 5) is 33.8. The largest absolute Gasteiger partial charge is 0.466 e. The van der Waals surface area contributed by atoms with Gasteiger partial charge in [-0.1, -0.05) is 24.3 Å². The number of ketones is 1. The summed E-state index contributed by atoms with van der Waals surface area (Å²) in [5.74, 6) is -0.508. The van der Waals surface area contributed by atoms with Crippen molar-refractivity contribution in [3.8, 4) is 0 Å². The van der Waals surface area contributed by atoms with Gasteiger partial charge < -0.3 is 14.8 Å². The average molecular weight is 335 g/mol. The molecule has 0 saturated carbocycles. The minimum Gasteiger partial charge on any atom is -0.466 e. The van der Waals surface area contributed by atoms with Crippen molar-refractivity contribution in [3.63, 3.8) is 0 Å². The second-order valence-corrected chi connectivity index (χ2v) is 5.30. The van der Waals surface area contributed by atoms with E-state index in [-0.39, 0.29) is 24.3 Å². The number of carbonyl (C=O) groups is 3. The lowest BCUT2D eigenvalue weighted by Gasteiger charge is -2.06. The molecule has 0 aliphatic carbocycles. The SMILES string of the molecule is CCOC(=O)CCNCc1ccc(C(=O)CCCOC(C)=O)cc1. The quantitative estimate of drug-likeness (QED) is 0.379. The highest BCUT2D eigenvalue weighted by atomic mass is 16.5. The Morgan fingerprint density at radius 3 is 2.38 bits per heavy atom. The van der Waals surface area contributed by atoms with E-state index in [1.54, 1.807) is 19.1 Å². The monoisotopic (exact) mass is 335 g/mol. The summed E-state index contributed by atoms with van der Waals surface area (Å²) in [7, 11) is 0. The van der Waals surface area contributed by atoms with Crippen LogP contribution in [0.25, 0.3) is 0 Å². The molecule has 0 aromatic heterocycles. The molecule has 132 valence electrons. The number of esters is 2. The van der Waals surface area contributed by atoms with Gasteiger partial charge in [0.1, 0.15) is 0 Å². The van der Waals surface area contributed by atoms with Crippen LogP contribution in [0.5, 0.6) is 0 Å². The van der Waals surface area contributed by atoms with Crippen LogP contribution >= 0.6 is 0 Å². The molecule has 0 spiro atoms. The molecule has 0 amide bonds. The molecule has 6 heteroatoms. The maximum Gasteiger partial charge on any atom is 0.307 e.